The molecule has 0 amide bonds. The van der Waals surface area contributed by atoms with Crippen molar-refractivity contribution in [3.63, 3.8) is 0 Å². The van der Waals surface area contributed by atoms with Gasteiger partial charge in [-0.25, -0.2) is 0 Å². The van der Waals surface area contributed by atoms with Crippen molar-refractivity contribution < 1.29 is 9.84 Å². The van der Waals surface area contributed by atoms with Gasteiger partial charge >= 0.3 is 0 Å². The Hall–Kier alpha value is -0.160. The number of nitrogens with zero attached hydrogens (tertiary/aromatic N) is 2. The highest BCUT2D eigenvalue weighted by molar-refractivity contribution is 4.87. The number of aliphatic hydroxyl groups excluding tert-OH is 1. The SMILES string of the molecule is CC1CN(CC2(CO)CCOCC2)CCN1C. The smallest absolute Gasteiger partial charge is 0.0501 e. The molecule has 0 aliphatic carbocycles. The maximum Gasteiger partial charge on any atom is 0.0501 e. The maximum atomic E-state index is 9.70. The van der Waals surface area contributed by atoms with Crippen molar-refractivity contribution in [2.75, 3.05) is 53.0 Å². The minimum atomic E-state index is 0.0912. The highest BCUT2D eigenvalue weighted by Gasteiger charge is 2.35. The van der Waals surface area contributed by atoms with Crippen molar-refractivity contribution in [1.29, 1.82) is 0 Å². The van der Waals surface area contributed by atoms with E-state index in [0.29, 0.717) is 12.6 Å². The van der Waals surface area contributed by atoms with Gasteiger partial charge in [-0.05, 0) is 26.8 Å². The van der Waals surface area contributed by atoms with Crippen LogP contribution in [-0.2, 0) is 4.74 Å². The molecule has 2 rings (SSSR count). The summed E-state index contributed by atoms with van der Waals surface area (Å²) in [6.45, 7) is 8.62. The molecule has 0 radical (unpaired) electrons. The molecule has 17 heavy (non-hydrogen) atoms. The molecule has 1 N–H and O–H groups in total. The van der Waals surface area contributed by atoms with Crippen LogP contribution in [0.15, 0.2) is 0 Å². The molecule has 2 heterocycles. The Morgan fingerprint density at radius 1 is 1.29 bits per heavy atom. The number of likely N-dealkylation sites (N-methyl/N-ethyl adjacent to an activating group) is 1. The van der Waals surface area contributed by atoms with Crippen LogP contribution in [0.25, 0.3) is 0 Å². The van der Waals surface area contributed by atoms with Gasteiger partial charge in [-0.15, -0.1) is 0 Å². The van der Waals surface area contributed by atoms with E-state index in [2.05, 4.69) is 23.8 Å². The number of rotatable bonds is 3. The van der Waals surface area contributed by atoms with E-state index in [0.717, 1.165) is 52.2 Å². The van der Waals surface area contributed by atoms with E-state index in [-0.39, 0.29) is 5.41 Å². The van der Waals surface area contributed by atoms with Crippen molar-refractivity contribution in [3.8, 4) is 0 Å². The summed E-state index contributed by atoms with van der Waals surface area (Å²) < 4.78 is 5.42. The maximum absolute atomic E-state index is 9.70. The fraction of sp³-hybridized carbons (Fsp3) is 1.00. The highest BCUT2D eigenvalue weighted by Crippen LogP contribution is 2.31. The minimum absolute atomic E-state index is 0.0912. The summed E-state index contributed by atoms with van der Waals surface area (Å²) in [5.41, 5.74) is 0.0912. The van der Waals surface area contributed by atoms with Gasteiger partial charge < -0.3 is 14.7 Å². The number of aliphatic hydroxyl groups is 1. The summed E-state index contributed by atoms with van der Waals surface area (Å²) in [6.07, 6.45) is 2.01. The third-order valence-electron chi connectivity index (χ3n) is 4.49. The lowest BCUT2D eigenvalue weighted by molar-refractivity contribution is -0.0434. The van der Waals surface area contributed by atoms with E-state index < -0.39 is 0 Å². The van der Waals surface area contributed by atoms with Crippen molar-refractivity contribution in [2.45, 2.75) is 25.8 Å². The zero-order valence-electron chi connectivity index (χ0n) is 11.2. The number of ether oxygens (including phenoxy) is 1. The van der Waals surface area contributed by atoms with Crippen LogP contribution >= 0.6 is 0 Å². The minimum Gasteiger partial charge on any atom is -0.396 e. The number of piperazine rings is 1. The molecule has 1 unspecified atom stereocenters. The zero-order valence-corrected chi connectivity index (χ0v) is 11.2. The van der Waals surface area contributed by atoms with Crippen LogP contribution in [0.3, 0.4) is 0 Å². The summed E-state index contributed by atoms with van der Waals surface area (Å²) in [6, 6.07) is 0.624. The summed E-state index contributed by atoms with van der Waals surface area (Å²) in [4.78, 5) is 4.93. The molecule has 0 aromatic rings. The van der Waals surface area contributed by atoms with Crippen LogP contribution in [0.1, 0.15) is 19.8 Å². The van der Waals surface area contributed by atoms with Gasteiger partial charge in [0.05, 0.1) is 6.61 Å². The standard InChI is InChI=1S/C13H26N2O2/c1-12-9-15(6-5-14(12)2)10-13(11-16)3-7-17-8-4-13/h12,16H,3-11H2,1-2H3. The fourth-order valence-corrected chi connectivity index (χ4v) is 2.91. The van der Waals surface area contributed by atoms with Crippen LogP contribution in [0.4, 0.5) is 0 Å². The average molecular weight is 242 g/mol. The molecule has 0 aromatic heterocycles. The van der Waals surface area contributed by atoms with Gasteiger partial charge in [-0.3, -0.25) is 4.90 Å². The molecule has 0 spiro atoms. The van der Waals surface area contributed by atoms with E-state index in [4.69, 9.17) is 4.74 Å². The molecule has 2 saturated heterocycles. The molecule has 0 aromatic carbocycles. The first-order chi connectivity index (χ1) is 8.15. The average Bonchev–Trinajstić information content (AvgIpc) is 2.35. The summed E-state index contributed by atoms with van der Waals surface area (Å²) in [7, 11) is 2.19. The van der Waals surface area contributed by atoms with Gasteiger partial charge in [0, 0.05) is 50.8 Å². The third kappa shape index (κ3) is 3.19. The summed E-state index contributed by atoms with van der Waals surface area (Å²) >= 11 is 0. The Balaban J connectivity index is 1.90. The van der Waals surface area contributed by atoms with Crippen LogP contribution in [0.2, 0.25) is 0 Å². The van der Waals surface area contributed by atoms with Crippen LogP contribution in [0, 0.1) is 5.41 Å². The first-order valence-corrected chi connectivity index (χ1v) is 6.76. The van der Waals surface area contributed by atoms with Gasteiger partial charge in [0.1, 0.15) is 0 Å². The second-order valence-electron chi connectivity index (χ2n) is 5.84. The van der Waals surface area contributed by atoms with Gasteiger partial charge in [0.25, 0.3) is 0 Å². The Morgan fingerprint density at radius 3 is 2.59 bits per heavy atom. The molecule has 100 valence electrons. The quantitative estimate of drug-likeness (QED) is 0.778. The van der Waals surface area contributed by atoms with Crippen molar-refractivity contribution in [3.05, 3.63) is 0 Å². The monoisotopic (exact) mass is 242 g/mol. The van der Waals surface area contributed by atoms with Crippen molar-refractivity contribution >= 4 is 0 Å². The number of hydrogen-bond acceptors (Lipinski definition) is 4. The van der Waals surface area contributed by atoms with Crippen molar-refractivity contribution in [2.24, 2.45) is 5.41 Å². The molecule has 2 fully saturated rings. The van der Waals surface area contributed by atoms with Gasteiger partial charge in [-0.1, -0.05) is 0 Å². The first-order valence-electron chi connectivity index (χ1n) is 6.76. The molecule has 1 atom stereocenters. The predicted molar refractivity (Wildman–Crippen MR) is 68.1 cm³/mol. The molecule has 0 bridgehead atoms. The molecule has 2 aliphatic heterocycles. The molecule has 2 aliphatic rings. The Labute approximate surface area is 105 Å². The Bertz CT molecular complexity index is 242. The van der Waals surface area contributed by atoms with E-state index >= 15 is 0 Å². The first kappa shape index (κ1) is 13.3. The second-order valence-corrected chi connectivity index (χ2v) is 5.84. The van der Waals surface area contributed by atoms with E-state index in [1.165, 1.54) is 0 Å². The third-order valence-corrected chi connectivity index (χ3v) is 4.49. The van der Waals surface area contributed by atoms with Gasteiger partial charge in [-0.2, -0.15) is 0 Å². The molecular formula is C13H26N2O2. The summed E-state index contributed by atoms with van der Waals surface area (Å²) in [5, 5.41) is 9.70. The van der Waals surface area contributed by atoms with E-state index in [1.54, 1.807) is 0 Å². The van der Waals surface area contributed by atoms with Gasteiger partial charge in [0.2, 0.25) is 0 Å². The topological polar surface area (TPSA) is 35.9 Å². The lowest BCUT2D eigenvalue weighted by atomic mass is 9.80. The molecule has 4 heteroatoms. The lowest BCUT2D eigenvalue weighted by Crippen LogP contribution is -2.54. The molecule has 4 nitrogen and oxygen atoms in total. The normalized spacial score (nSPS) is 31.6. The lowest BCUT2D eigenvalue weighted by Gasteiger charge is -2.44. The predicted octanol–water partition coefficient (Wildman–Crippen LogP) is 0.411. The highest BCUT2D eigenvalue weighted by atomic mass is 16.5. The molecule has 0 saturated carbocycles. The largest absolute Gasteiger partial charge is 0.396 e. The van der Waals surface area contributed by atoms with Crippen LogP contribution in [-0.4, -0.2) is 74.0 Å². The Kier molecular flexibility index (Phi) is 4.42. The van der Waals surface area contributed by atoms with Crippen LogP contribution in [0.5, 0.6) is 0 Å². The summed E-state index contributed by atoms with van der Waals surface area (Å²) in [5.74, 6) is 0. The zero-order chi connectivity index (χ0) is 12.3. The number of hydrogen-bond donors (Lipinski definition) is 1. The van der Waals surface area contributed by atoms with E-state index in [1.807, 2.05) is 0 Å². The molecular weight excluding hydrogens is 216 g/mol. The van der Waals surface area contributed by atoms with Crippen molar-refractivity contribution in [1.82, 2.24) is 9.80 Å². The van der Waals surface area contributed by atoms with Crippen LogP contribution < -0.4 is 0 Å². The Morgan fingerprint density at radius 2 is 2.00 bits per heavy atom. The fourth-order valence-electron chi connectivity index (χ4n) is 2.91. The second kappa shape index (κ2) is 5.65. The van der Waals surface area contributed by atoms with E-state index in [9.17, 15) is 5.11 Å². The van der Waals surface area contributed by atoms with Gasteiger partial charge in [0.15, 0.2) is 0 Å².